The van der Waals surface area contributed by atoms with Crippen LogP contribution in [0, 0.1) is 5.92 Å². The van der Waals surface area contributed by atoms with Crippen LogP contribution in [0.5, 0.6) is 0 Å². The van der Waals surface area contributed by atoms with E-state index in [4.69, 9.17) is 4.74 Å². The number of aryl methyl sites for hydroxylation is 2. The summed E-state index contributed by atoms with van der Waals surface area (Å²) in [5.41, 5.74) is 2.27. The molecule has 0 fully saturated rings. The van der Waals surface area contributed by atoms with Crippen molar-refractivity contribution in [2.75, 3.05) is 7.11 Å². The predicted octanol–water partition coefficient (Wildman–Crippen LogP) is 4.37. The zero-order chi connectivity index (χ0) is 17.0. The van der Waals surface area contributed by atoms with Gasteiger partial charge in [-0.2, -0.15) is 0 Å². The Balaban J connectivity index is 1.90. The summed E-state index contributed by atoms with van der Waals surface area (Å²) in [5, 5.41) is 11.3. The number of carbonyl (C=O) groups excluding carboxylic acids is 1. The highest BCUT2D eigenvalue weighted by Gasteiger charge is 2.19. The molecule has 0 bridgehead atoms. The number of methoxy groups -OCH3 is 1. The maximum absolute atomic E-state index is 12.0. The summed E-state index contributed by atoms with van der Waals surface area (Å²) in [4.78, 5) is 12.0. The second-order valence-electron chi connectivity index (χ2n) is 7.07. The van der Waals surface area contributed by atoms with E-state index >= 15 is 0 Å². The average Bonchev–Trinajstić information content (AvgIpc) is 3.04. The van der Waals surface area contributed by atoms with Gasteiger partial charge in [0.1, 0.15) is 0 Å². The largest absolute Gasteiger partial charge is 0.469 e. The topological polar surface area (TPSA) is 67.9 Å². The molecule has 1 N–H and O–H groups in total. The molecule has 1 aliphatic carbocycles. The zero-order valence-corrected chi connectivity index (χ0v) is 15.2. The summed E-state index contributed by atoms with van der Waals surface area (Å²) in [6.07, 6.45) is 16.3. The van der Waals surface area contributed by atoms with Crippen molar-refractivity contribution < 1.29 is 9.53 Å². The lowest BCUT2D eigenvalue weighted by Gasteiger charge is -2.14. The van der Waals surface area contributed by atoms with Crippen molar-refractivity contribution in [3.05, 3.63) is 11.4 Å². The van der Waals surface area contributed by atoms with E-state index in [1.165, 1.54) is 64.2 Å². The van der Waals surface area contributed by atoms with Gasteiger partial charge in [0.25, 0.3) is 0 Å². The normalized spacial score (nSPS) is 22.3. The number of ether oxygens (including phenoxy) is 1. The number of hydrogen-bond donors (Lipinski definition) is 1. The Morgan fingerprint density at radius 2 is 1.54 bits per heavy atom. The monoisotopic (exact) mass is 335 g/mol. The third kappa shape index (κ3) is 6.62. The Morgan fingerprint density at radius 3 is 2.25 bits per heavy atom. The predicted molar refractivity (Wildman–Crippen MR) is 94.7 cm³/mol. The van der Waals surface area contributed by atoms with Gasteiger partial charge in [0, 0.05) is 0 Å². The second-order valence-corrected chi connectivity index (χ2v) is 7.07. The van der Waals surface area contributed by atoms with Crippen molar-refractivity contribution in [1.29, 1.82) is 0 Å². The Kier molecular flexibility index (Phi) is 8.85. The maximum atomic E-state index is 12.0. The van der Waals surface area contributed by atoms with Crippen LogP contribution in [0.4, 0.5) is 0 Å². The van der Waals surface area contributed by atoms with E-state index in [2.05, 4.69) is 15.4 Å². The Labute approximate surface area is 145 Å². The average molecular weight is 335 g/mol. The van der Waals surface area contributed by atoms with E-state index in [1.807, 2.05) is 0 Å². The number of fused-ring (bicyclic) bond motifs is 1. The molecule has 0 aliphatic heterocycles. The van der Waals surface area contributed by atoms with E-state index in [9.17, 15) is 4.79 Å². The van der Waals surface area contributed by atoms with E-state index in [0.717, 1.165) is 44.2 Å². The fourth-order valence-corrected chi connectivity index (χ4v) is 3.66. The van der Waals surface area contributed by atoms with Crippen molar-refractivity contribution in [2.24, 2.45) is 5.92 Å². The van der Waals surface area contributed by atoms with Crippen LogP contribution in [-0.2, 0) is 22.4 Å². The van der Waals surface area contributed by atoms with Gasteiger partial charge in [-0.05, 0) is 38.5 Å². The summed E-state index contributed by atoms with van der Waals surface area (Å²) >= 11 is 0. The molecule has 1 unspecified atom stereocenters. The van der Waals surface area contributed by atoms with E-state index in [-0.39, 0.29) is 11.9 Å². The molecule has 1 aromatic rings. The maximum Gasteiger partial charge on any atom is 0.308 e. The third-order valence-corrected chi connectivity index (χ3v) is 5.18. The molecule has 1 aliphatic rings. The molecule has 0 saturated carbocycles. The lowest BCUT2D eigenvalue weighted by molar-refractivity contribution is -0.146. The molecule has 0 spiro atoms. The van der Waals surface area contributed by atoms with Crippen LogP contribution in [0.25, 0.3) is 0 Å². The van der Waals surface area contributed by atoms with Gasteiger partial charge in [-0.25, -0.2) is 0 Å². The van der Waals surface area contributed by atoms with Gasteiger partial charge in [-0.15, -0.1) is 5.10 Å². The number of aromatic amines is 1. The first kappa shape index (κ1) is 18.9. The van der Waals surface area contributed by atoms with Crippen molar-refractivity contribution in [3.63, 3.8) is 0 Å². The highest BCUT2D eigenvalue weighted by atomic mass is 16.5. The molecule has 5 heteroatoms. The molecule has 136 valence electrons. The Hall–Kier alpha value is -1.39. The second kappa shape index (κ2) is 11.2. The van der Waals surface area contributed by atoms with Crippen LogP contribution in [-0.4, -0.2) is 28.5 Å². The number of nitrogens with zero attached hydrogens (tertiary/aromatic N) is 2. The minimum atomic E-state index is -0.0479. The fourth-order valence-electron chi connectivity index (χ4n) is 3.66. The number of rotatable bonds is 1. The van der Waals surface area contributed by atoms with Gasteiger partial charge < -0.3 is 4.74 Å². The Bertz CT molecular complexity index is 473. The minimum absolute atomic E-state index is 0.0426. The number of carbonyl (C=O) groups is 1. The lowest BCUT2D eigenvalue weighted by Crippen LogP contribution is -2.16. The van der Waals surface area contributed by atoms with Crippen LogP contribution < -0.4 is 0 Å². The first-order valence-corrected chi connectivity index (χ1v) is 9.78. The van der Waals surface area contributed by atoms with Gasteiger partial charge in [0.05, 0.1) is 24.4 Å². The molecular weight excluding hydrogens is 302 g/mol. The molecule has 5 nitrogen and oxygen atoms in total. The van der Waals surface area contributed by atoms with Gasteiger partial charge in [0.2, 0.25) is 0 Å². The zero-order valence-electron chi connectivity index (χ0n) is 15.2. The molecule has 1 atom stereocenters. The summed E-state index contributed by atoms with van der Waals surface area (Å²) in [6, 6.07) is 0. The van der Waals surface area contributed by atoms with Gasteiger partial charge in [-0.1, -0.05) is 56.6 Å². The van der Waals surface area contributed by atoms with Crippen molar-refractivity contribution in [3.8, 4) is 0 Å². The third-order valence-electron chi connectivity index (χ3n) is 5.18. The molecule has 0 radical (unpaired) electrons. The summed E-state index contributed by atoms with van der Waals surface area (Å²) < 4.78 is 4.99. The smallest absolute Gasteiger partial charge is 0.308 e. The highest BCUT2D eigenvalue weighted by Crippen LogP contribution is 2.21. The SMILES string of the molecule is COC(=O)C1CCCCCCCCCCCc2[nH]nnc2CCC1. The molecule has 2 rings (SSSR count). The Morgan fingerprint density at radius 1 is 0.917 bits per heavy atom. The molecular formula is C19H33N3O2. The van der Waals surface area contributed by atoms with E-state index < -0.39 is 0 Å². The highest BCUT2D eigenvalue weighted by molar-refractivity contribution is 5.72. The van der Waals surface area contributed by atoms with Crippen LogP contribution in [0.2, 0.25) is 0 Å². The quantitative estimate of drug-likeness (QED) is 0.774. The van der Waals surface area contributed by atoms with Crippen LogP contribution in [0.15, 0.2) is 0 Å². The van der Waals surface area contributed by atoms with Gasteiger partial charge in [0.15, 0.2) is 0 Å². The van der Waals surface area contributed by atoms with E-state index in [0.29, 0.717) is 0 Å². The molecule has 1 heterocycles. The number of hydrogen-bond acceptors (Lipinski definition) is 4. The van der Waals surface area contributed by atoms with Crippen molar-refractivity contribution in [2.45, 2.75) is 89.9 Å². The van der Waals surface area contributed by atoms with Gasteiger partial charge in [-0.3, -0.25) is 9.89 Å². The molecule has 24 heavy (non-hydrogen) atoms. The molecule has 0 amide bonds. The van der Waals surface area contributed by atoms with Crippen LogP contribution in [0.3, 0.4) is 0 Å². The standard InChI is InChI=1S/C19H33N3O2/c1-24-19(23)16-12-9-7-5-3-2-4-6-8-10-14-17-18(15-11-13-16)21-22-20-17/h16H,2-15H2,1H3,(H,20,21,22). The number of H-pyrrole nitrogens is 1. The van der Waals surface area contributed by atoms with Crippen LogP contribution >= 0.6 is 0 Å². The van der Waals surface area contributed by atoms with Crippen molar-refractivity contribution in [1.82, 2.24) is 15.4 Å². The summed E-state index contributed by atoms with van der Waals surface area (Å²) in [7, 11) is 1.50. The molecule has 0 aromatic carbocycles. The summed E-state index contributed by atoms with van der Waals surface area (Å²) in [6.45, 7) is 0. The van der Waals surface area contributed by atoms with Gasteiger partial charge >= 0.3 is 5.97 Å². The molecule has 1 aromatic heterocycles. The fraction of sp³-hybridized carbons (Fsp3) is 0.842. The first-order chi connectivity index (χ1) is 11.8. The minimum Gasteiger partial charge on any atom is -0.469 e. The van der Waals surface area contributed by atoms with E-state index in [1.54, 1.807) is 0 Å². The summed E-state index contributed by atoms with van der Waals surface area (Å²) in [5.74, 6) is -0.00525. The number of esters is 1. The van der Waals surface area contributed by atoms with Crippen LogP contribution in [0.1, 0.15) is 88.4 Å². The van der Waals surface area contributed by atoms with Crippen molar-refractivity contribution >= 4 is 5.97 Å². The number of nitrogens with one attached hydrogen (secondary N) is 1. The first-order valence-electron chi connectivity index (χ1n) is 9.78. The number of aromatic nitrogens is 3. The lowest BCUT2D eigenvalue weighted by atomic mass is 9.94. The molecule has 0 saturated heterocycles.